The molecule has 1 saturated carbocycles. The summed E-state index contributed by atoms with van der Waals surface area (Å²) >= 11 is 0. The molecule has 2 N–H and O–H groups in total. The van der Waals surface area contributed by atoms with Gasteiger partial charge in [0, 0.05) is 12.6 Å². The minimum absolute atomic E-state index is 0.233. The molecular weight excluding hydrogens is 272 g/mol. The third-order valence-electron chi connectivity index (χ3n) is 5.22. The third-order valence-corrected chi connectivity index (χ3v) is 6.65. The fourth-order valence-corrected chi connectivity index (χ4v) is 4.08. The molecule has 0 aromatic heterocycles. The minimum atomic E-state index is -3.12. The molecule has 0 atom stereocenters. The van der Waals surface area contributed by atoms with Crippen LogP contribution in [-0.4, -0.2) is 33.3 Å². The van der Waals surface area contributed by atoms with Crippen LogP contribution in [0.5, 0.6) is 0 Å². The molecule has 0 bridgehead atoms. The lowest BCUT2D eigenvalue weighted by molar-refractivity contribution is 0.457. The van der Waals surface area contributed by atoms with E-state index < -0.39 is 10.0 Å². The molecule has 1 fully saturated rings. The maximum Gasteiger partial charge on any atom is 0.211 e. The lowest BCUT2D eigenvalue weighted by atomic mass is 10.0. The van der Waals surface area contributed by atoms with Gasteiger partial charge in [0.2, 0.25) is 10.0 Å². The highest BCUT2D eigenvalue weighted by Crippen LogP contribution is 2.67. The lowest BCUT2D eigenvalue weighted by Gasteiger charge is -2.09. The summed E-state index contributed by atoms with van der Waals surface area (Å²) in [5.41, 5.74) is 0.466. The maximum atomic E-state index is 12.0. The van der Waals surface area contributed by atoms with Crippen molar-refractivity contribution < 1.29 is 8.42 Å². The van der Waals surface area contributed by atoms with Gasteiger partial charge in [-0.3, -0.25) is 0 Å². The van der Waals surface area contributed by atoms with Crippen molar-refractivity contribution in [1.82, 2.24) is 10.0 Å². The van der Waals surface area contributed by atoms with E-state index in [2.05, 4.69) is 51.6 Å². The van der Waals surface area contributed by atoms with Gasteiger partial charge < -0.3 is 5.32 Å². The molecule has 0 radical (unpaired) electrons. The lowest BCUT2D eigenvalue weighted by Crippen LogP contribution is -2.30. The molecule has 20 heavy (non-hydrogen) atoms. The second-order valence-electron chi connectivity index (χ2n) is 7.48. The molecular formula is C15H32N2O2S. The third kappa shape index (κ3) is 4.43. The van der Waals surface area contributed by atoms with Gasteiger partial charge in [-0.25, -0.2) is 13.1 Å². The summed E-state index contributed by atoms with van der Waals surface area (Å²) in [6.45, 7) is 14.5. The molecule has 0 aromatic rings. The van der Waals surface area contributed by atoms with E-state index in [9.17, 15) is 8.42 Å². The summed E-state index contributed by atoms with van der Waals surface area (Å²) in [5, 5.41) is 3.30. The van der Waals surface area contributed by atoms with Gasteiger partial charge in [-0.05, 0) is 36.1 Å². The largest absolute Gasteiger partial charge is 0.315 e. The van der Waals surface area contributed by atoms with E-state index in [0.29, 0.717) is 24.9 Å². The monoisotopic (exact) mass is 304 g/mol. The number of nitrogens with one attached hydrogen (secondary N) is 2. The van der Waals surface area contributed by atoms with Crippen molar-refractivity contribution >= 4 is 10.0 Å². The smallest absolute Gasteiger partial charge is 0.211 e. The van der Waals surface area contributed by atoms with Gasteiger partial charge in [0.1, 0.15) is 0 Å². The van der Waals surface area contributed by atoms with Crippen molar-refractivity contribution in [3.8, 4) is 0 Å². The fraction of sp³-hybridized carbons (Fsp3) is 1.00. The normalized spacial score (nSPS) is 21.4. The van der Waals surface area contributed by atoms with Gasteiger partial charge >= 0.3 is 0 Å². The summed E-state index contributed by atoms with van der Waals surface area (Å²) < 4.78 is 26.7. The van der Waals surface area contributed by atoms with Gasteiger partial charge in [0.25, 0.3) is 0 Å². The summed E-state index contributed by atoms with van der Waals surface area (Å²) in [4.78, 5) is 0. The Labute approximate surface area is 125 Å². The van der Waals surface area contributed by atoms with Crippen LogP contribution in [0.2, 0.25) is 0 Å². The average Bonchev–Trinajstić information content (AvgIpc) is 2.65. The molecule has 0 heterocycles. The Morgan fingerprint density at radius 1 is 1.05 bits per heavy atom. The van der Waals surface area contributed by atoms with Crippen LogP contribution in [0.1, 0.15) is 54.4 Å². The Balaban J connectivity index is 2.23. The molecule has 0 aromatic carbocycles. The van der Waals surface area contributed by atoms with Gasteiger partial charge in [0.05, 0.1) is 5.75 Å². The molecule has 1 aliphatic carbocycles. The fourth-order valence-electron chi connectivity index (χ4n) is 2.93. The topological polar surface area (TPSA) is 58.2 Å². The Hall–Kier alpha value is -0.130. The van der Waals surface area contributed by atoms with Crippen molar-refractivity contribution in [2.45, 2.75) is 60.4 Å². The molecule has 1 rings (SSSR count). The van der Waals surface area contributed by atoms with E-state index in [-0.39, 0.29) is 16.6 Å². The zero-order valence-electron chi connectivity index (χ0n) is 13.9. The number of sulfonamides is 1. The second kappa shape index (κ2) is 6.32. The first-order valence-electron chi connectivity index (χ1n) is 7.71. The number of hydrogen-bond acceptors (Lipinski definition) is 3. The average molecular weight is 305 g/mol. The predicted octanol–water partition coefficient (Wildman–Crippen LogP) is 2.37. The Kier molecular flexibility index (Phi) is 5.67. The first-order valence-corrected chi connectivity index (χ1v) is 9.36. The number of unbranched alkanes of at least 4 members (excludes halogenated alkanes) is 1. The zero-order chi connectivity index (χ0) is 15.6. The highest BCUT2D eigenvalue weighted by molar-refractivity contribution is 7.89. The molecule has 0 unspecified atom stereocenters. The first kappa shape index (κ1) is 17.9. The second-order valence-corrected chi connectivity index (χ2v) is 9.41. The van der Waals surface area contributed by atoms with E-state index in [1.807, 2.05) is 0 Å². The van der Waals surface area contributed by atoms with Crippen molar-refractivity contribution in [3.63, 3.8) is 0 Å². The van der Waals surface area contributed by atoms with Crippen LogP contribution in [0.25, 0.3) is 0 Å². The van der Waals surface area contributed by atoms with E-state index in [4.69, 9.17) is 0 Å². The Bertz CT molecular complexity index is 400. The van der Waals surface area contributed by atoms with Crippen molar-refractivity contribution in [1.29, 1.82) is 0 Å². The van der Waals surface area contributed by atoms with Gasteiger partial charge in [-0.15, -0.1) is 0 Å². The molecule has 5 heteroatoms. The minimum Gasteiger partial charge on any atom is -0.315 e. The number of hydrogen-bond donors (Lipinski definition) is 2. The van der Waals surface area contributed by atoms with Crippen LogP contribution in [0.4, 0.5) is 0 Å². The maximum absolute atomic E-state index is 12.0. The molecule has 0 aliphatic heterocycles. The highest BCUT2D eigenvalue weighted by atomic mass is 32.2. The van der Waals surface area contributed by atoms with Gasteiger partial charge in [-0.2, -0.15) is 0 Å². The van der Waals surface area contributed by atoms with E-state index in [1.54, 1.807) is 0 Å². The van der Waals surface area contributed by atoms with E-state index in [1.165, 1.54) is 0 Å². The SMILES string of the molecule is CC(C)NCCCCS(=O)(=O)NCC1C(C)(C)C1(C)C. The molecule has 1 aliphatic rings. The molecule has 0 spiro atoms. The van der Waals surface area contributed by atoms with Crippen LogP contribution in [0.15, 0.2) is 0 Å². The Morgan fingerprint density at radius 2 is 1.60 bits per heavy atom. The van der Waals surface area contributed by atoms with Crippen LogP contribution in [-0.2, 0) is 10.0 Å². The van der Waals surface area contributed by atoms with Crippen LogP contribution in [0.3, 0.4) is 0 Å². The van der Waals surface area contributed by atoms with Crippen molar-refractivity contribution in [2.24, 2.45) is 16.7 Å². The van der Waals surface area contributed by atoms with Crippen LogP contribution in [0, 0.1) is 16.7 Å². The highest BCUT2D eigenvalue weighted by Gasteiger charge is 2.64. The van der Waals surface area contributed by atoms with Gasteiger partial charge in [0.15, 0.2) is 0 Å². The predicted molar refractivity (Wildman–Crippen MR) is 85.2 cm³/mol. The van der Waals surface area contributed by atoms with Crippen molar-refractivity contribution in [3.05, 3.63) is 0 Å². The standard InChI is InChI=1S/C15H32N2O2S/c1-12(2)16-9-7-8-10-20(18,19)17-11-13-14(3,4)15(13,5)6/h12-13,16-17H,7-11H2,1-6H3. The zero-order valence-corrected chi connectivity index (χ0v) is 14.7. The molecule has 4 nitrogen and oxygen atoms in total. The summed E-state index contributed by atoms with van der Waals surface area (Å²) in [6, 6.07) is 0.462. The first-order chi connectivity index (χ1) is 9.01. The number of rotatable bonds is 9. The molecule has 0 saturated heterocycles. The van der Waals surface area contributed by atoms with Crippen molar-refractivity contribution in [2.75, 3.05) is 18.8 Å². The summed E-state index contributed by atoms with van der Waals surface area (Å²) in [7, 11) is -3.12. The Morgan fingerprint density at radius 3 is 2.05 bits per heavy atom. The summed E-state index contributed by atoms with van der Waals surface area (Å²) in [5.74, 6) is 0.674. The van der Waals surface area contributed by atoms with E-state index >= 15 is 0 Å². The molecule has 0 amide bonds. The van der Waals surface area contributed by atoms with Gasteiger partial charge in [-0.1, -0.05) is 41.5 Å². The molecule has 120 valence electrons. The van der Waals surface area contributed by atoms with Crippen LogP contribution >= 0.6 is 0 Å². The quantitative estimate of drug-likeness (QED) is 0.643. The van der Waals surface area contributed by atoms with E-state index in [0.717, 1.165) is 13.0 Å². The summed E-state index contributed by atoms with van der Waals surface area (Å²) in [6.07, 6.45) is 1.62. The van der Waals surface area contributed by atoms with Crippen LogP contribution < -0.4 is 10.0 Å².